The Kier molecular flexibility index (Phi) is 2.74. The highest BCUT2D eigenvalue weighted by atomic mass is 32.1. The maximum absolute atomic E-state index is 4.35. The standard InChI is InChI=1S/C12H15N3S/c1-2-4-8-15-11(7-3-1)13-14-12(15)10-6-5-9-16-10/h5-6,9H,1-4,7-8H2. The molecule has 0 unspecified atom stereocenters. The Morgan fingerprint density at radius 2 is 2.06 bits per heavy atom. The predicted molar refractivity (Wildman–Crippen MR) is 65.5 cm³/mol. The Balaban J connectivity index is 2.00. The fourth-order valence-corrected chi connectivity index (χ4v) is 2.97. The monoisotopic (exact) mass is 233 g/mol. The highest BCUT2D eigenvalue weighted by Gasteiger charge is 2.15. The van der Waals surface area contributed by atoms with Gasteiger partial charge in [-0.15, -0.1) is 21.5 Å². The Bertz CT molecular complexity index is 459. The third-order valence-electron chi connectivity index (χ3n) is 3.10. The zero-order valence-electron chi connectivity index (χ0n) is 9.22. The lowest BCUT2D eigenvalue weighted by atomic mass is 10.1. The summed E-state index contributed by atoms with van der Waals surface area (Å²) in [5.41, 5.74) is 0. The Morgan fingerprint density at radius 3 is 2.94 bits per heavy atom. The summed E-state index contributed by atoms with van der Waals surface area (Å²) in [6.45, 7) is 1.08. The fraction of sp³-hybridized carbons (Fsp3) is 0.500. The molecule has 0 fully saturated rings. The van der Waals surface area contributed by atoms with Gasteiger partial charge in [0, 0.05) is 13.0 Å². The molecule has 0 aromatic carbocycles. The number of nitrogens with zero attached hydrogens (tertiary/aromatic N) is 3. The van der Waals surface area contributed by atoms with Crippen LogP contribution in [0, 0.1) is 0 Å². The molecule has 1 aliphatic rings. The third kappa shape index (κ3) is 1.78. The summed E-state index contributed by atoms with van der Waals surface area (Å²) in [6.07, 6.45) is 6.26. The maximum Gasteiger partial charge on any atom is 0.174 e. The molecule has 84 valence electrons. The first-order valence-corrected chi connectivity index (χ1v) is 6.79. The van der Waals surface area contributed by atoms with Crippen molar-refractivity contribution >= 4 is 11.3 Å². The van der Waals surface area contributed by atoms with E-state index in [9.17, 15) is 0 Å². The van der Waals surface area contributed by atoms with E-state index in [1.165, 1.54) is 36.4 Å². The van der Waals surface area contributed by atoms with Crippen LogP contribution in [0.3, 0.4) is 0 Å². The van der Waals surface area contributed by atoms with Crippen LogP contribution < -0.4 is 0 Å². The summed E-state index contributed by atoms with van der Waals surface area (Å²) in [7, 11) is 0. The summed E-state index contributed by atoms with van der Waals surface area (Å²) in [4.78, 5) is 1.24. The summed E-state index contributed by atoms with van der Waals surface area (Å²) < 4.78 is 2.31. The van der Waals surface area contributed by atoms with Crippen LogP contribution in [0.2, 0.25) is 0 Å². The van der Waals surface area contributed by atoms with E-state index in [0.29, 0.717) is 0 Å². The molecule has 3 heterocycles. The first kappa shape index (κ1) is 10.0. The van der Waals surface area contributed by atoms with E-state index in [2.05, 4.69) is 32.3 Å². The summed E-state index contributed by atoms with van der Waals surface area (Å²) in [6, 6.07) is 4.20. The lowest BCUT2D eigenvalue weighted by Gasteiger charge is -2.12. The van der Waals surface area contributed by atoms with Crippen molar-refractivity contribution in [2.24, 2.45) is 0 Å². The van der Waals surface area contributed by atoms with Crippen molar-refractivity contribution in [1.29, 1.82) is 0 Å². The van der Waals surface area contributed by atoms with Gasteiger partial charge in [-0.3, -0.25) is 0 Å². The molecule has 2 aromatic heterocycles. The fourth-order valence-electron chi connectivity index (χ4n) is 2.25. The molecule has 16 heavy (non-hydrogen) atoms. The summed E-state index contributed by atoms with van der Waals surface area (Å²) >= 11 is 1.74. The zero-order chi connectivity index (χ0) is 10.8. The van der Waals surface area contributed by atoms with E-state index in [4.69, 9.17) is 0 Å². The lowest BCUT2D eigenvalue weighted by molar-refractivity contribution is 0.519. The van der Waals surface area contributed by atoms with Crippen LogP contribution in [0.5, 0.6) is 0 Å². The molecule has 0 N–H and O–H groups in total. The van der Waals surface area contributed by atoms with Crippen LogP contribution in [0.1, 0.15) is 31.5 Å². The van der Waals surface area contributed by atoms with Gasteiger partial charge in [0.25, 0.3) is 0 Å². The molecule has 3 rings (SSSR count). The summed E-state index contributed by atoms with van der Waals surface area (Å²) in [5.74, 6) is 2.23. The smallest absolute Gasteiger partial charge is 0.174 e. The molecular formula is C12H15N3S. The molecule has 0 bridgehead atoms. The quantitative estimate of drug-likeness (QED) is 0.757. The van der Waals surface area contributed by atoms with Crippen LogP contribution in [-0.2, 0) is 13.0 Å². The Hall–Kier alpha value is -1.16. The molecule has 0 radical (unpaired) electrons. The van der Waals surface area contributed by atoms with Gasteiger partial charge < -0.3 is 4.57 Å². The van der Waals surface area contributed by atoms with Crippen LogP contribution in [0.15, 0.2) is 17.5 Å². The second-order valence-corrected chi connectivity index (χ2v) is 5.18. The van der Waals surface area contributed by atoms with Crippen molar-refractivity contribution < 1.29 is 0 Å². The van der Waals surface area contributed by atoms with Crippen LogP contribution in [-0.4, -0.2) is 14.8 Å². The number of rotatable bonds is 1. The molecule has 2 aromatic rings. The molecule has 0 amide bonds. The molecule has 0 atom stereocenters. The SMILES string of the molecule is c1csc(-c2nnc3n2CCCCCC3)c1. The maximum atomic E-state index is 4.35. The number of thiophene rings is 1. The Labute approximate surface area is 99.1 Å². The topological polar surface area (TPSA) is 30.7 Å². The first-order chi connectivity index (χ1) is 7.95. The van der Waals surface area contributed by atoms with E-state index in [1.54, 1.807) is 11.3 Å². The van der Waals surface area contributed by atoms with E-state index < -0.39 is 0 Å². The van der Waals surface area contributed by atoms with E-state index in [-0.39, 0.29) is 0 Å². The van der Waals surface area contributed by atoms with Crippen molar-refractivity contribution in [3.63, 3.8) is 0 Å². The van der Waals surface area contributed by atoms with Crippen molar-refractivity contribution in [2.75, 3.05) is 0 Å². The molecule has 3 nitrogen and oxygen atoms in total. The van der Waals surface area contributed by atoms with Gasteiger partial charge in [-0.2, -0.15) is 0 Å². The molecular weight excluding hydrogens is 218 g/mol. The number of hydrogen-bond donors (Lipinski definition) is 0. The molecule has 0 spiro atoms. The zero-order valence-corrected chi connectivity index (χ0v) is 10.0. The second-order valence-electron chi connectivity index (χ2n) is 4.23. The molecule has 0 saturated carbocycles. The summed E-state index contributed by atoms with van der Waals surface area (Å²) in [5, 5.41) is 10.8. The highest BCUT2D eigenvalue weighted by Crippen LogP contribution is 2.25. The van der Waals surface area contributed by atoms with Gasteiger partial charge in [0.1, 0.15) is 5.82 Å². The normalized spacial score (nSPS) is 16.5. The molecule has 0 aliphatic carbocycles. The molecule has 0 saturated heterocycles. The van der Waals surface area contributed by atoms with Crippen LogP contribution in [0.25, 0.3) is 10.7 Å². The van der Waals surface area contributed by atoms with Crippen LogP contribution >= 0.6 is 11.3 Å². The minimum atomic E-state index is 1.06. The number of fused-ring (bicyclic) bond motifs is 1. The average Bonchev–Trinajstić information content (AvgIpc) is 2.86. The Morgan fingerprint density at radius 1 is 1.12 bits per heavy atom. The van der Waals surface area contributed by atoms with Crippen molar-refractivity contribution in [3.05, 3.63) is 23.3 Å². The minimum absolute atomic E-state index is 1.06. The van der Waals surface area contributed by atoms with Crippen molar-refractivity contribution in [1.82, 2.24) is 14.8 Å². The first-order valence-electron chi connectivity index (χ1n) is 5.91. The van der Waals surface area contributed by atoms with Gasteiger partial charge in [0.05, 0.1) is 4.88 Å². The number of aryl methyl sites for hydroxylation is 1. The number of hydrogen-bond acceptors (Lipinski definition) is 3. The van der Waals surface area contributed by atoms with E-state index in [1.807, 2.05) is 0 Å². The van der Waals surface area contributed by atoms with Gasteiger partial charge >= 0.3 is 0 Å². The van der Waals surface area contributed by atoms with Crippen LogP contribution in [0.4, 0.5) is 0 Å². The van der Waals surface area contributed by atoms with Gasteiger partial charge in [0.2, 0.25) is 0 Å². The predicted octanol–water partition coefficient (Wildman–Crippen LogP) is 3.12. The third-order valence-corrected chi connectivity index (χ3v) is 3.97. The highest BCUT2D eigenvalue weighted by molar-refractivity contribution is 7.13. The van der Waals surface area contributed by atoms with Crippen molar-refractivity contribution in [2.45, 2.75) is 38.6 Å². The second kappa shape index (κ2) is 4.37. The van der Waals surface area contributed by atoms with Gasteiger partial charge in [-0.05, 0) is 24.3 Å². The lowest BCUT2D eigenvalue weighted by Crippen LogP contribution is -2.08. The van der Waals surface area contributed by atoms with Gasteiger partial charge in [0.15, 0.2) is 5.82 Å². The van der Waals surface area contributed by atoms with Gasteiger partial charge in [-0.1, -0.05) is 18.9 Å². The molecule has 4 heteroatoms. The number of aromatic nitrogens is 3. The molecule has 1 aliphatic heterocycles. The van der Waals surface area contributed by atoms with Crippen molar-refractivity contribution in [3.8, 4) is 10.7 Å². The van der Waals surface area contributed by atoms with E-state index >= 15 is 0 Å². The van der Waals surface area contributed by atoms with E-state index in [0.717, 1.165) is 18.8 Å². The minimum Gasteiger partial charge on any atom is -0.310 e. The largest absolute Gasteiger partial charge is 0.310 e. The van der Waals surface area contributed by atoms with Gasteiger partial charge in [-0.25, -0.2) is 0 Å². The average molecular weight is 233 g/mol.